The number of hydrogen-bond donors (Lipinski definition) is 1. The van der Waals surface area contributed by atoms with Crippen molar-refractivity contribution in [3.8, 4) is 0 Å². The average Bonchev–Trinajstić information content (AvgIpc) is 3.03. The number of carbonyl (C=O) groups is 2. The minimum atomic E-state index is -0.672. The molecule has 9 heteroatoms. The molecule has 0 aliphatic rings. The van der Waals surface area contributed by atoms with Gasteiger partial charge in [0.25, 0.3) is 5.91 Å². The molecule has 0 aliphatic carbocycles. The van der Waals surface area contributed by atoms with Gasteiger partial charge in [-0.05, 0) is 29.2 Å². The summed E-state index contributed by atoms with van der Waals surface area (Å²) < 4.78 is 4.58. The van der Waals surface area contributed by atoms with Crippen LogP contribution in [0.1, 0.15) is 20.8 Å². The molecule has 0 radical (unpaired) electrons. The van der Waals surface area contributed by atoms with Gasteiger partial charge in [0.1, 0.15) is 0 Å². The van der Waals surface area contributed by atoms with E-state index in [4.69, 9.17) is 0 Å². The van der Waals surface area contributed by atoms with E-state index in [1.165, 1.54) is 31.2 Å². The van der Waals surface area contributed by atoms with Crippen LogP contribution in [0.25, 0.3) is 0 Å². The number of esters is 1. The Labute approximate surface area is 124 Å². The predicted molar refractivity (Wildman–Crippen MR) is 75.8 cm³/mol. The Hall–Kier alpha value is -3.23. The van der Waals surface area contributed by atoms with Gasteiger partial charge in [0.05, 0.1) is 18.7 Å². The maximum atomic E-state index is 12.2. The summed E-state index contributed by atoms with van der Waals surface area (Å²) in [6.45, 7) is 0. The lowest BCUT2D eigenvalue weighted by Gasteiger charge is -2.15. The molecule has 2 aromatic rings. The van der Waals surface area contributed by atoms with E-state index in [0.29, 0.717) is 11.3 Å². The molecular weight excluding hydrogens is 292 g/mol. The zero-order chi connectivity index (χ0) is 16.3. The van der Waals surface area contributed by atoms with Gasteiger partial charge < -0.3 is 19.8 Å². The van der Waals surface area contributed by atoms with Crippen molar-refractivity contribution in [2.75, 3.05) is 19.1 Å². The van der Waals surface area contributed by atoms with Gasteiger partial charge in [-0.3, -0.25) is 4.79 Å². The van der Waals surface area contributed by atoms with Crippen LogP contribution in [-0.4, -0.2) is 41.2 Å². The fourth-order valence-corrected chi connectivity index (χ4v) is 1.74. The Morgan fingerprint density at radius 2 is 1.95 bits per heavy atom. The maximum Gasteiger partial charge on any atom is 0.343 e. The summed E-state index contributed by atoms with van der Waals surface area (Å²) in [5.74, 6) is -1.36. The molecule has 0 fully saturated rings. The molecule has 0 atom stereocenters. The molecule has 0 saturated heterocycles. The fourth-order valence-electron chi connectivity index (χ4n) is 1.74. The number of aromatic amines is 1. The van der Waals surface area contributed by atoms with Gasteiger partial charge in [0.15, 0.2) is 5.69 Å². The summed E-state index contributed by atoms with van der Waals surface area (Å²) in [6.07, 6.45) is 0. The number of benzene rings is 1. The van der Waals surface area contributed by atoms with Gasteiger partial charge in [-0.15, -0.1) is 5.10 Å². The van der Waals surface area contributed by atoms with Crippen LogP contribution < -0.4 is 4.90 Å². The monoisotopic (exact) mass is 304 g/mol. The third-order valence-electron chi connectivity index (χ3n) is 2.96. The molecule has 2 rings (SSSR count). The van der Waals surface area contributed by atoms with Gasteiger partial charge in [-0.25, -0.2) is 4.79 Å². The smallest absolute Gasteiger partial charge is 0.343 e. The Morgan fingerprint density at radius 3 is 2.45 bits per heavy atom. The first-order chi connectivity index (χ1) is 10.4. The van der Waals surface area contributed by atoms with Crippen molar-refractivity contribution >= 4 is 23.4 Å². The highest BCUT2D eigenvalue weighted by atomic mass is 16.6. The SMILES string of the molecule is COC(=O)c1ccc(N(C)C(=O)c2cc([N+](=O)[O-])[nH]n2)cc1. The first-order valence-electron chi connectivity index (χ1n) is 6.10. The lowest BCUT2D eigenvalue weighted by Crippen LogP contribution is -2.26. The zero-order valence-corrected chi connectivity index (χ0v) is 11.8. The van der Waals surface area contributed by atoms with Crippen LogP contribution in [-0.2, 0) is 4.74 Å². The lowest BCUT2D eigenvalue weighted by atomic mass is 10.2. The molecule has 0 saturated carbocycles. The second-order valence-corrected chi connectivity index (χ2v) is 4.30. The highest BCUT2D eigenvalue weighted by Crippen LogP contribution is 2.18. The predicted octanol–water partition coefficient (Wildman–Crippen LogP) is 1.38. The van der Waals surface area contributed by atoms with Crippen molar-refractivity contribution < 1.29 is 19.2 Å². The fraction of sp³-hybridized carbons (Fsp3) is 0.154. The Kier molecular flexibility index (Phi) is 4.16. The first-order valence-corrected chi connectivity index (χ1v) is 6.10. The van der Waals surface area contributed by atoms with Crippen LogP contribution in [0.15, 0.2) is 30.3 Å². The van der Waals surface area contributed by atoms with Gasteiger partial charge in [-0.2, -0.15) is 0 Å². The number of anilines is 1. The summed E-state index contributed by atoms with van der Waals surface area (Å²) in [6, 6.07) is 7.20. The summed E-state index contributed by atoms with van der Waals surface area (Å²) >= 11 is 0. The van der Waals surface area contributed by atoms with E-state index in [2.05, 4.69) is 14.9 Å². The van der Waals surface area contributed by atoms with Crippen molar-refractivity contribution in [1.82, 2.24) is 10.2 Å². The number of hydrogen-bond acceptors (Lipinski definition) is 6. The molecular formula is C13H12N4O5. The largest absolute Gasteiger partial charge is 0.465 e. The van der Waals surface area contributed by atoms with Crippen LogP contribution in [0, 0.1) is 10.1 Å². The van der Waals surface area contributed by atoms with Crippen LogP contribution in [0.4, 0.5) is 11.5 Å². The van der Waals surface area contributed by atoms with Crippen molar-refractivity contribution in [2.24, 2.45) is 0 Å². The molecule has 1 amide bonds. The number of carbonyl (C=O) groups excluding carboxylic acids is 2. The summed E-state index contributed by atoms with van der Waals surface area (Å²) in [7, 11) is 2.77. The molecule has 0 bridgehead atoms. The molecule has 9 nitrogen and oxygen atoms in total. The van der Waals surface area contributed by atoms with Crippen LogP contribution >= 0.6 is 0 Å². The minimum absolute atomic E-state index is 0.0776. The number of H-pyrrole nitrogens is 1. The number of ether oxygens (including phenoxy) is 1. The van der Waals surface area contributed by atoms with Crippen molar-refractivity contribution in [2.45, 2.75) is 0 Å². The van der Waals surface area contributed by atoms with E-state index in [1.54, 1.807) is 12.1 Å². The van der Waals surface area contributed by atoms with Gasteiger partial charge in [0, 0.05) is 12.7 Å². The van der Waals surface area contributed by atoms with Crippen molar-refractivity contribution in [1.29, 1.82) is 0 Å². The summed E-state index contributed by atoms with van der Waals surface area (Å²) in [4.78, 5) is 34.7. The number of nitrogens with zero attached hydrogens (tertiary/aromatic N) is 3. The molecule has 0 aliphatic heterocycles. The molecule has 1 aromatic heterocycles. The van der Waals surface area contributed by atoms with E-state index < -0.39 is 16.8 Å². The Bertz CT molecular complexity index is 722. The van der Waals surface area contributed by atoms with Gasteiger partial charge in [0.2, 0.25) is 0 Å². The van der Waals surface area contributed by atoms with E-state index in [9.17, 15) is 19.7 Å². The maximum absolute atomic E-state index is 12.2. The van der Waals surface area contributed by atoms with Crippen LogP contribution in [0.5, 0.6) is 0 Å². The number of methoxy groups -OCH3 is 1. The highest BCUT2D eigenvalue weighted by Gasteiger charge is 2.21. The Balaban J connectivity index is 2.19. The number of amides is 1. The first kappa shape index (κ1) is 15.2. The molecule has 114 valence electrons. The van der Waals surface area contributed by atoms with E-state index >= 15 is 0 Å². The third kappa shape index (κ3) is 2.92. The summed E-state index contributed by atoms with van der Waals surface area (Å²) in [5.41, 5.74) is 0.775. The van der Waals surface area contributed by atoms with Crippen molar-refractivity contribution in [3.63, 3.8) is 0 Å². The number of nitrogens with one attached hydrogen (secondary N) is 1. The quantitative estimate of drug-likeness (QED) is 0.518. The number of nitro groups is 1. The van der Waals surface area contributed by atoms with Crippen molar-refractivity contribution in [3.05, 3.63) is 51.7 Å². The normalized spacial score (nSPS) is 10.1. The highest BCUT2D eigenvalue weighted by molar-refractivity contribution is 6.04. The van der Waals surface area contributed by atoms with E-state index in [0.717, 1.165) is 6.07 Å². The summed E-state index contributed by atoms with van der Waals surface area (Å²) in [5, 5.41) is 16.3. The standard InChI is InChI=1S/C13H12N4O5/c1-16(9-5-3-8(4-6-9)13(19)22-2)12(18)10-7-11(15-14-10)17(20)21/h3-7H,1-2H3,(H,14,15). The second-order valence-electron chi connectivity index (χ2n) is 4.30. The van der Waals surface area contributed by atoms with E-state index in [1.807, 2.05) is 0 Å². The molecule has 0 spiro atoms. The topological polar surface area (TPSA) is 118 Å². The van der Waals surface area contributed by atoms with Crippen LogP contribution in [0.2, 0.25) is 0 Å². The molecule has 22 heavy (non-hydrogen) atoms. The van der Waals surface area contributed by atoms with E-state index in [-0.39, 0.29) is 11.5 Å². The lowest BCUT2D eigenvalue weighted by molar-refractivity contribution is -0.389. The molecule has 1 N–H and O–H groups in total. The average molecular weight is 304 g/mol. The zero-order valence-electron chi connectivity index (χ0n) is 11.8. The van der Waals surface area contributed by atoms with Crippen LogP contribution in [0.3, 0.4) is 0 Å². The second kappa shape index (κ2) is 6.04. The Morgan fingerprint density at radius 1 is 1.32 bits per heavy atom. The van der Waals surface area contributed by atoms with Gasteiger partial charge in [-0.1, -0.05) is 5.10 Å². The number of rotatable bonds is 4. The number of aromatic nitrogens is 2. The molecule has 1 aromatic carbocycles. The molecule has 0 unspecified atom stereocenters. The molecule has 1 heterocycles. The third-order valence-corrected chi connectivity index (χ3v) is 2.96. The van der Waals surface area contributed by atoms with Gasteiger partial charge >= 0.3 is 11.8 Å². The minimum Gasteiger partial charge on any atom is -0.465 e.